The number of rotatable bonds is 5. The van der Waals surface area contributed by atoms with Gasteiger partial charge in [0.2, 0.25) is 0 Å². The highest BCUT2D eigenvalue weighted by molar-refractivity contribution is 6.09. The van der Waals surface area contributed by atoms with Crippen molar-refractivity contribution in [1.29, 1.82) is 0 Å². The number of ether oxygens (including phenoxy) is 1. The van der Waals surface area contributed by atoms with Crippen molar-refractivity contribution in [2.75, 3.05) is 6.67 Å². The van der Waals surface area contributed by atoms with Crippen LogP contribution in [0.2, 0.25) is 0 Å². The number of hydrogen-bond acceptors (Lipinski definition) is 2. The summed E-state index contributed by atoms with van der Waals surface area (Å²) < 4.78 is 10.0. The lowest BCUT2D eigenvalue weighted by Crippen LogP contribution is -2.67. The van der Waals surface area contributed by atoms with Crippen LogP contribution in [0.25, 0.3) is 32.5 Å². The van der Waals surface area contributed by atoms with E-state index in [1.807, 2.05) is 30.5 Å². The Morgan fingerprint density at radius 2 is 1.42 bits per heavy atom. The van der Waals surface area contributed by atoms with Crippen molar-refractivity contribution in [2.24, 2.45) is 0 Å². The summed E-state index contributed by atoms with van der Waals surface area (Å²) in [6.07, 6.45) is 1.85. The molecule has 0 N–H and O–H groups in total. The van der Waals surface area contributed by atoms with Crippen molar-refractivity contribution in [3.05, 3.63) is 157 Å². The summed E-state index contributed by atoms with van der Waals surface area (Å²) in [5.74, 6) is 2.22. The number of hydrogen-bond donors (Lipinski definition) is 0. The van der Waals surface area contributed by atoms with Crippen LogP contribution in [0.5, 0.6) is 11.5 Å². The maximum absolute atomic E-state index is 7.93. The number of nitrogens with zero attached hydrogens (tertiary/aromatic N) is 5. The number of benzene rings is 5. The summed E-state index contributed by atoms with van der Waals surface area (Å²) >= 11 is 0. The second-order valence-electron chi connectivity index (χ2n) is 11.9. The minimum atomic E-state index is 0.552. The van der Waals surface area contributed by atoms with Crippen LogP contribution in [0.3, 0.4) is 0 Å². The second kappa shape index (κ2) is 9.38. The Kier molecular flexibility index (Phi) is 5.36. The average Bonchev–Trinajstić information content (AvgIpc) is 3.66. The van der Waals surface area contributed by atoms with E-state index in [9.17, 15) is 0 Å². The zero-order valence-electron chi connectivity index (χ0n) is 24.6. The summed E-state index contributed by atoms with van der Waals surface area (Å²) in [5, 5.41) is 2.30. The van der Waals surface area contributed by atoms with Gasteiger partial charge in [-0.05, 0) is 61.0 Å². The van der Waals surface area contributed by atoms with Crippen molar-refractivity contribution in [3.8, 4) is 17.3 Å². The molecular weight excluding hydrogens is 554 g/mol. The molecule has 45 heavy (non-hydrogen) atoms. The van der Waals surface area contributed by atoms with E-state index in [0.29, 0.717) is 26.2 Å². The molecule has 10 rings (SSSR count). The molecule has 5 heterocycles. The average molecular weight is 583 g/mol. The standard InChI is InChI=1S/C39H28N5O/c1-27-18-19-41-39(20-27)42-35-13-7-6-12-33(35)34-17-16-31(24-36(34)42)45-32-22-28(40-2)21-30(23-32)44-25-43(26-44,29-10-4-3-5-11-29)37-14-8-9-15-38(37)44/h3-25H,26H2,1H3/q+1/t43-,44+/m0/s1. The van der Waals surface area contributed by atoms with Crippen LogP contribution in [-0.2, 0) is 0 Å². The largest absolute Gasteiger partial charge is 0.458 e. The third-order valence-corrected chi connectivity index (χ3v) is 9.28. The molecular formula is C39H28N5O+. The molecule has 0 unspecified atom stereocenters. The minimum Gasteiger partial charge on any atom is -0.458 e. The maximum atomic E-state index is 7.93. The van der Waals surface area contributed by atoms with Crippen LogP contribution in [0.15, 0.2) is 134 Å². The first-order valence-electron chi connectivity index (χ1n) is 15.0. The van der Waals surface area contributed by atoms with Gasteiger partial charge in [0.05, 0.1) is 24.3 Å². The zero-order chi connectivity index (χ0) is 30.2. The van der Waals surface area contributed by atoms with Gasteiger partial charge in [0.25, 0.3) is 0 Å². The molecule has 0 amide bonds. The number of aryl methyl sites for hydroxylation is 1. The lowest BCUT2D eigenvalue weighted by molar-refractivity contribution is 0.187. The van der Waals surface area contributed by atoms with Crippen molar-refractivity contribution in [3.63, 3.8) is 0 Å². The fourth-order valence-corrected chi connectivity index (χ4v) is 7.31. The van der Waals surface area contributed by atoms with Crippen LogP contribution in [0.1, 0.15) is 5.56 Å². The Labute approximate surface area is 261 Å². The fraction of sp³-hybridized carbons (Fsp3) is 0.0513. The second-order valence-corrected chi connectivity index (χ2v) is 11.9. The highest BCUT2D eigenvalue weighted by atomic mass is 16.5. The number of para-hydroxylation sites is 4. The number of pyridine rings is 1. The predicted octanol–water partition coefficient (Wildman–Crippen LogP) is 10.2. The molecule has 2 aromatic heterocycles. The van der Waals surface area contributed by atoms with E-state index in [0.717, 1.165) is 45.5 Å². The molecule has 7 aromatic rings. The highest BCUT2D eigenvalue weighted by Gasteiger charge is 2.62. The van der Waals surface area contributed by atoms with Crippen LogP contribution < -0.4 is 13.7 Å². The SMILES string of the molecule is [C-]#[N+]c1cc(Oc2ccc3c4ccccc4n(-c4cc(C)ccn4)c3c2)cc([N@@+]23[CH-][N@@+](c4ccccc4)(C2)c2ccccc23)c1. The summed E-state index contributed by atoms with van der Waals surface area (Å²) in [4.78, 5) is 8.57. The monoisotopic (exact) mass is 582 g/mol. The third kappa shape index (κ3) is 3.66. The van der Waals surface area contributed by atoms with Gasteiger partial charge in [-0.15, -0.1) is 0 Å². The van der Waals surface area contributed by atoms with Gasteiger partial charge in [-0.3, -0.25) is 13.5 Å². The van der Waals surface area contributed by atoms with E-state index in [1.54, 1.807) is 0 Å². The molecule has 3 aliphatic heterocycles. The van der Waals surface area contributed by atoms with Gasteiger partial charge in [0.15, 0.2) is 23.7 Å². The van der Waals surface area contributed by atoms with E-state index in [1.165, 1.54) is 17.1 Å². The molecule has 2 bridgehead atoms. The van der Waals surface area contributed by atoms with Crippen LogP contribution >= 0.6 is 0 Å². The van der Waals surface area contributed by atoms with Gasteiger partial charge >= 0.3 is 0 Å². The topological polar surface area (TPSA) is 31.4 Å². The lowest BCUT2D eigenvalue weighted by atomic mass is 10.1. The van der Waals surface area contributed by atoms with Gasteiger partial charge < -0.3 is 4.74 Å². The summed E-state index contributed by atoms with van der Waals surface area (Å²) in [5.41, 5.74) is 8.57. The third-order valence-electron chi connectivity index (χ3n) is 9.28. The number of fused-ring (bicyclic) bond motifs is 3. The highest BCUT2D eigenvalue weighted by Crippen LogP contribution is 2.65. The van der Waals surface area contributed by atoms with Crippen molar-refractivity contribution in [2.45, 2.75) is 6.92 Å². The molecule has 6 nitrogen and oxygen atoms in total. The number of quaternary nitrogens is 2. The Balaban J connectivity index is 1.15. The molecule has 2 atom stereocenters. The summed E-state index contributed by atoms with van der Waals surface area (Å²) in [6, 6.07) is 43.9. The first-order valence-corrected chi connectivity index (χ1v) is 15.0. The molecule has 6 heteroatoms. The molecule has 0 radical (unpaired) electrons. The smallest absolute Gasteiger partial charge is 0.196 e. The van der Waals surface area contributed by atoms with Crippen molar-refractivity contribution in [1.82, 2.24) is 18.5 Å². The zero-order valence-corrected chi connectivity index (χ0v) is 24.6. The minimum absolute atomic E-state index is 0.552. The summed E-state index contributed by atoms with van der Waals surface area (Å²) in [6.45, 7) is 13.2. The van der Waals surface area contributed by atoms with E-state index < -0.39 is 0 Å². The molecule has 0 spiro atoms. The molecule has 3 aliphatic rings. The van der Waals surface area contributed by atoms with Crippen LogP contribution in [0.4, 0.5) is 28.4 Å². The number of aromatic nitrogens is 2. The van der Waals surface area contributed by atoms with E-state index in [2.05, 4.69) is 126 Å². The molecule has 0 saturated carbocycles. The molecule has 0 aliphatic carbocycles. The first-order chi connectivity index (χ1) is 22.1. The van der Waals surface area contributed by atoms with Crippen LogP contribution in [-0.4, -0.2) is 16.2 Å². The Morgan fingerprint density at radius 1 is 0.711 bits per heavy atom. The maximum Gasteiger partial charge on any atom is 0.196 e. The molecule has 1 fully saturated rings. The Morgan fingerprint density at radius 3 is 2.20 bits per heavy atom. The van der Waals surface area contributed by atoms with E-state index >= 15 is 0 Å². The van der Waals surface area contributed by atoms with Gasteiger partial charge in [0.1, 0.15) is 28.7 Å². The van der Waals surface area contributed by atoms with Gasteiger partial charge in [-0.1, -0.05) is 48.5 Å². The quantitative estimate of drug-likeness (QED) is 0.149. The lowest BCUT2D eigenvalue weighted by Gasteiger charge is -2.56. The molecule has 5 aromatic carbocycles. The first kappa shape index (κ1) is 25.7. The summed E-state index contributed by atoms with van der Waals surface area (Å²) in [7, 11) is 0. The van der Waals surface area contributed by atoms with Crippen LogP contribution in [0, 0.1) is 20.2 Å². The fourth-order valence-electron chi connectivity index (χ4n) is 7.31. The predicted molar refractivity (Wildman–Crippen MR) is 181 cm³/mol. The van der Waals surface area contributed by atoms with E-state index in [-0.39, 0.29) is 0 Å². The molecule has 1 saturated heterocycles. The van der Waals surface area contributed by atoms with Crippen molar-refractivity contribution < 1.29 is 4.74 Å². The van der Waals surface area contributed by atoms with Gasteiger partial charge in [0, 0.05) is 47.3 Å². The van der Waals surface area contributed by atoms with Gasteiger partial charge in [-0.25, -0.2) is 9.83 Å². The normalized spacial score (nSPS) is 19.6. The van der Waals surface area contributed by atoms with Crippen molar-refractivity contribution >= 4 is 50.2 Å². The Bertz CT molecular complexity index is 2340. The van der Waals surface area contributed by atoms with Gasteiger partial charge in [-0.2, -0.15) is 0 Å². The molecule has 214 valence electrons. The van der Waals surface area contributed by atoms with E-state index in [4.69, 9.17) is 16.3 Å². The Hall–Kier alpha value is -5.74.